The van der Waals surface area contributed by atoms with Crippen LogP contribution < -0.4 is 5.32 Å². The van der Waals surface area contributed by atoms with Crippen LogP contribution in [-0.2, 0) is 0 Å². The van der Waals surface area contributed by atoms with E-state index in [0.29, 0.717) is 6.04 Å². The largest absolute Gasteiger partial charge is 0.367 e. The summed E-state index contributed by atoms with van der Waals surface area (Å²) in [6, 6.07) is 0.350. The van der Waals surface area contributed by atoms with Crippen molar-refractivity contribution < 1.29 is 0 Å². The van der Waals surface area contributed by atoms with Gasteiger partial charge < -0.3 is 5.32 Å². The summed E-state index contributed by atoms with van der Waals surface area (Å²) in [6.45, 7) is 3.76. The smallest absolute Gasteiger partial charge is 0.0845 e. The number of halogens is 1. The first-order valence-electron chi connectivity index (χ1n) is 4.22. The normalized spacial score (nSPS) is 22.8. The Morgan fingerprint density at radius 2 is 2.67 bits per heavy atom. The van der Waals surface area contributed by atoms with E-state index in [4.69, 9.17) is 0 Å². The fraction of sp³-hybridized carbons (Fsp3) is 0.750. The van der Waals surface area contributed by atoms with E-state index in [-0.39, 0.29) is 0 Å². The summed E-state index contributed by atoms with van der Waals surface area (Å²) < 4.78 is 0. The zero-order valence-electron chi connectivity index (χ0n) is 7.26. The minimum absolute atomic E-state index is 0.350. The first-order chi connectivity index (χ1) is 5.88. The highest BCUT2D eigenvalue weighted by molar-refractivity contribution is 9.09. The molecule has 3 nitrogen and oxygen atoms in total. The first kappa shape index (κ1) is 9.71. The molecule has 0 bridgehead atoms. The molecule has 1 atom stereocenters. The van der Waals surface area contributed by atoms with Crippen LogP contribution in [0, 0.1) is 0 Å². The molecule has 0 spiro atoms. The second-order valence-electron chi connectivity index (χ2n) is 2.62. The predicted molar refractivity (Wildman–Crippen MR) is 56.7 cm³/mol. The minimum Gasteiger partial charge on any atom is -0.367 e. The topological polar surface area (TPSA) is 36.8 Å². The standard InChI is InChI=1S/C8H14BrN3/c1-2-11-7(3-4-9)8-5-10-6-12-8/h6,8H,2-5H2,1H3,(H,10,12)/t8-/m0/s1. The molecule has 4 heteroatoms. The van der Waals surface area contributed by atoms with Gasteiger partial charge in [0.15, 0.2) is 0 Å². The van der Waals surface area contributed by atoms with Crippen LogP contribution in [0.5, 0.6) is 0 Å². The van der Waals surface area contributed by atoms with Crippen molar-refractivity contribution in [2.24, 2.45) is 9.98 Å². The highest BCUT2D eigenvalue weighted by Gasteiger charge is 2.15. The maximum absolute atomic E-state index is 4.44. The summed E-state index contributed by atoms with van der Waals surface area (Å²) in [5.41, 5.74) is 1.23. The lowest BCUT2D eigenvalue weighted by Gasteiger charge is -2.11. The second-order valence-corrected chi connectivity index (χ2v) is 3.41. The van der Waals surface area contributed by atoms with Gasteiger partial charge in [0, 0.05) is 17.6 Å². The number of alkyl halides is 1. The molecule has 0 unspecified atom stereocenters. The van der Waals surface area contributed by atoms with Gasteiger partial charge in [0.2, 0.25) is 0 Å². The van der Waals surface area contributed by atoms with Crippen LogP contribution in [0.25, 0.3) is 0 Å². The average Bonchev–Trinajstić information content (AvgIpc) is 2.56. The molecule has 0 fully saturated rings. The molecule has 68 valence electrons. The van der Waals surface area contributed by atoms with Gasteiger partial charge in [0.1, 0.15) is 0 Å². The Hall–Kier alpha value is -0.380. The lowest BCUT2D eigenvalue weighted by molar-refractivity contribution is 0.816. The summed E-state index contributed by atoms with van der Waals surface area (Å²) in [5.74, 6) is 0. The quantitative estimate of drug-likeness (QED) is 0.574. The molecule has 0 radical (unpaired) electrons. The molecule has 1 aliphatic rings. The van der Waals surface area contributed by atoms with Gasteiger partial charge in [-0.05, 0) is 13.3 Å². The molecule has 1 aliphatic heterocycles. The van der Waals surface area contributed by atoms with Crippen molar-refractivity contribution in [3.63, 3.8) is 0 Å². The molecule has 0 amide bonds. The van der Waals surface area contributed by atoms with E-state index >= 15 is 0 Å². The van der Waals surface area contributed by atoms with Gasteiger partial charge in [-0.15, -0.1) is 0 Å². The maximum atomic E-state index is 4.44. The van der Waals surface area contributed by atoms with Crippen LogP contribution in [0.2, 0.25) is 0 Å². The van der Waals surface area contributed by atoms with E-state index < -0.39 is 0 Å². The summed E-state index contributed by atoms with van der Waals surface area (Å²) in [7, 11) is 0. The number of nitrogens with one attached hydrogen (secondary N) is 1. The summed E-state index contributed by atoms with van der Waals surface area (Å²) in [5, 5.41) is 4.16. The van der Waals surface area contributed by atoms with Gasteiger partial charge in [-0.1, -0.05) is 15.9 Å². The van der Waals surface area contributed by atoms with Crippen LogP contribution in [0.1, 0.15) is 13.3 Å². The minimum atomic E-state index is 0.350. The van der Waals surface area contributed by atoms with Crippen molar-refractivity contribution in [3.05, 3.63) is 0 Å². The molecule has 0 aromatic heterocycles. The van der Waals surface area contributed by atoms with Crippen LogP contribution in [0.3, 0.4) is 0 Å². The van der Waals surface area contributed by atoms with Gasteiger partial charge in [-0.3, -0.25) is 9.98 Å². The number of hydrogen-bond donors (Lipinski definition) is 1. The maximum Gasteiger partial charge on any atom is 0.0845 e. The number of hydrogen-bond acceptors (Lipinski definition) is 3. The monoisotopic (exact) mass is 231 g/mol. The summed E-state index contributed by atoms with van der Waals surface area (Å²) in [4.78, 5) is 8.56. The molecule has 1 N–H and O–H groups in total. The molecule has 1 rings (SSSR count). The van der Waals surface area contributed by atoms with E-state index in [2.05, 4.69) is 38.2 Å². The fourth-order valence-corrected chi connectivity index (χ4v) is 1.62. The van der Waals surface area contributed by atoms with Crippen molar-refractivity contribution in [1.82, 2.24) is 5.32 Å². The highest BCUT2D eigenvalue weighted by Crippen LogP contribution is 2.02. The molecular formula is C8H14BrN3. The van der Waals surface area contributed by atoms with E-state index in [1.165, 1.54) is 5.71 Å². The number of nitrogens with zero attached hydrogens (tertiary/aromatic N) is 2. The van der Waals surface area contributed by atoms with Gasteiger partial charge >= 0.3 is 0 Å². The van der Waals surface area contributed by atoms with E-state index in [1.807, 2.05) is 0 Å². The third-order valence-corrected chi connectivity index (χ3v) is 2.17. The zero-order valence-corrected chi connectivity index (χ0v) is 8.84. The van der Waals surface area contributed by atoms with Gasteiger partial charge in [-0.2, -0.15) is 0 Å². The number of aliphatic imine (C=N–C) groups is 2. The Labute approximate surface area is 81.5 Å². The second kappa shape index (κ2) is 5.30. The van der Waals surface area contributed by atoms with Crippen LogP contribution in [0.15, 0.2) is 9.98 Å². The van der Waals surface area contributed by atoms with Crippen LogP contribution in [-0.4, -0.2) is 36.5 Å². The highest BCUT2D eigenvalue weighted by atomic mass is 79.9. The predicted octanol–water partition coefficient (Wildman–Crippen LogP) is 1.23. The van der Waals surface area contributed by atoms with Gasteiger partial charge in [0.25, 0.3) is 0 Å². The molecule has 0 aromatic carbocycles. The zero-order chi connectivity index (χ0) is 8.81. The molecular weight excluding hydrogens is 218 g/mol. The van der Waals surface area contributed by atoms with Crippen LogP contribution in [0.4, 0.5) is 0 Å². The molecule has 12 heavy (non-hydrogen) atoms. The first-order valence-corrected chi connectivity index (χ1v) is 5.34. The average molecular weight is 232 g/mol. The molecule has 1 heterocycles. The summed E-state index contributed by atoms with van der Waals surface area (Å²) in [6.07, 6.45) is 2.78. The Balaban J connectivity index is 2.47. The van der Waals surface area contributed by atoms with Gasteiger partial charge in [0.05, 0.1) is 18.9 Å². The van der Waals surface area contributed by atoms with E-state index in [0.717, 1.165) is 24.8 Å². The Morgan fingerprint density at radius 1 is 1.83 bits per heavy atom. The Bertz CT molecular complexity index is 181. The van der Waals surface area contributed by atoms with Crippen molar-refractivity contribution in [3.8, 4) is 0 Å². The Kier molecular flexibility index (Phi) is 4.29. The van der Waals surface area contributed by atoms with Gasteiger partial charge in [-0.25, -0.2) is 0 Å². The van der Waals surface area contributed by atoms with Crippen molar-refractivity contribution >= 4 is 28.0 Å². The molecule has 0 aliphatic carbocycles. The lowest BCUT2D eigenvalue weighted by Crippen LogP contribution is -2.34. The van der Waals surface area contributed by atoms with Crippen molar-refractivity contribution in [1.29, 1.82) is 0 Å². The molecule has 0 aromatic rings. The van der Waals surface area contributed by atoms with Crippen molar-refractivity contribution in [2.45, 2.75) is 19.4 Å². The lowest BCUT2D eigenvalue weighted by atomic mass is 10.1. The third-order valence-electron chi connectivity index (χ3n) is 1.77. The Morgan fingerprint density at radius 3 is 3.17 bits per heavy atom. The van der Waals surface area contributed by atoms with E-state index in [9.17, 15) is 0 Å². The van der Waals surface area contributed by atoms with Crippen LogP contribution >= 0.6 is 15.9 Å². The molecule has 0 saturated heterocycles. The number of rotatable bonds is 4. The van der Waals surface area contributed by atoms with Crippen molar-refractivity contribution in [2.75, 3.05) is 18.4 Å². The van der Waals surface area contributed by atoms with E-state index in [1.54, 1.807) is 6.34 Å². The SMILES string of the molecule is CCN=C(CCBr)[C@@H]1CN=CN1. The third kappa shape index (κ3) is 2.59. The fourth-order valence-electron chi connectivity index (χ4n) is 1.22. The summed E-state index contributed by atoms with van der Waals surface area (Å²) >= 11 is 3.42. The molecule has 0 saturated carbocycles.